The summed E-state index contributed by atoms with van der Waals surface area (Å²) in [5.41, 5.74) is 6.46. The molecule has 13 heavy (non-hydrogen) atoms. The number of rotatable bonds is 2. The van der Waals surface area contributed by atoms with Crippen LogP contribution in [0.3, 0.4) is 0 Å². The van der Waals surface area contributed by atoms with Gasteiger partial charge in [0.1, 0.15) is 0 Å². The van der Waals surface area contributed by atoms with Gasteiger partial charge in [-0.25, -0.2) is 0 Å². The largest absolute Gasteiger partial charge is 0.325 e. The summed E-state index contributed by atoms with van der Waals surface area (Å²) in [5.74, 6) is 5.54. The lowest BCUT2D eigenvalue weighted by Gasteiger charge is -2.66. The molecular formula is C12H19N. The third-order valence-electron chi connectivity index (χ3n) is 4.50. The molecule has 0 spiro atoms. The van der Waals surface area contributed by atoms with E-state index in [0.717, 1.165) is 11.8 Å². The monoisotopic (exact) mass is 177 g/mol. The quantitative estimate of drug-likeness (QED) is 0.642. The van der Waals surface area contributed by atoms with Crippen molar-refractivity contribution >= 4 is 0 Å². The fourth-order valence-electron chi connectivity index (χ4n) is 3.30. The molecule has 2 rings (SSSR count). The number of terminal acetylenes is 1. The second-order valence-electron chi connectivity index (χ2n) is 5.01. The van der Waals surface area contributed by atoms with Gasteiger partial charge < -0.3 is 5.73 Å². The zero-order valence-corrected chi connectivity index (χ0v) is 8.59. The summed E-state index contributed by atoms with van der Waals surface area (Å²) in [7, 11) is 0. The van der Waals surface area contributed by atoms with E-state index in [9.17, 15) is 0 Å². The second kappa shape index (κ2) is 2.75. The predicted molar refractivity (Wildman–Crippen MR) is 54.9 cm³/mol. The van der Waals surface area contributed by atoms with Gasteiger partial charge in [-0.05, 0) is 37.0 Å². The Kier molecular flexibility index (Phi) is 1.92. The van der Waals surface area contributed by atoms with Crippen LogP contribution in [-0.2, 0) is 0 Å². The average Bonchev–Trinajstić information content (AvgIpc) is 2.12. The van der Waals surface area contributed by atoms with Gasteiger partial charge in [0.2, 0.25) is 0 Å². The molecule has 0 heterocycles. The first-order chi connectivity index (χ1) is 6.09. The highest BCUT2D eigenvalue weighted by molar-refractivity contribution is 5.17. The van der Waals surface area contributed by atoms with E-state index in [1.165, 1.54) is 19.3 Å². The minimum Gasteiger partial charge on any atom is -0.325 e. The van der Waals surface area contributed by atoms with Crippen LogP contribution in [-0.4, -0.2) is 5.54 Å². The van der Waals surface area contributed by atoms with Crippen LogP contribution >= 0.6 is 0 Å². The molecule has 1 heteroatoms. The Morgan fingerprint density at radius 3 is 2.77 bits per heavy atom. The molecule has 2 N–H and O–H groups in total. The van der Waals surface area contributed by atoms with Crippen molar-refractivity contribution in [2.45, 2.75) is 38.6 Å². The van der Waals surface area contributed by atoms with Crippen LogP contribution in [0.5, 0.6) is 0 Å². The number of fused-ring (bicyclic) bond motifs is 1. The van der Waals surface area contributed by atoms with Crippen molar-refractivity contribution in [1.29, 1.82) is 0 Å². The first-order valence-corrected chi connectivity index (χ1v) is 5.34. The SMILES string of the molecule is C#C[C@H](C)CC1C2CCC2(N)[C@H]1C. The van der Waals surface area contributed by atoms with Crippen molar-refractivity contribution in [3.63, 3.8) is 0 Å². The molecule has 5 atom stereocenters. The number of hydrogen-bond donors (Lipinski definition) is 1. The predicted octanol–water partition coefficient (Wildman–Crippen LogP) is 2.02. The van der Waals surface area contributed by atoms with E-state index in [2.05, 4.69) is 19.8 Å². The Bertz CT molecular complexity index is 244. The van der Waals surface area contributed by atoms with Gasteiger partial charge >= 0.3 is 0 Å². The highest BCUT2D eigenvalue weighted by Crippen LogP contribution is 2.61. The molecule has 0 aromatic heterocycles. The van der Waals surface area contributed by atoms with Crippen LogP contribution in [0.1, 0.15) is 33.1 Å². The number of hydrogen-bond acceptors (Lipinski definition) is 1. The summed E-state index contributed by atoms with van der Waals surface area (Å²) in [5, 5.41) is 0. The van der Waals surface area contributed by atoms with Crippen LogP contribution in [0.15, 0.2) is 0 Å². The molecule has 0 saturated heterocycles. The molecule has 0 amide bonds. The van der Waals surface area contributed by atoms with E-state index in [1.807, 2.05) is 0 Å². The standard InChI is InChI=1S/C12H19N/c1-4-8(2)7-10-9(3)12(13)6-5-11(10)12/h1,8-11H,5-7,13H2,2-3H3/t8-,9-,10?,11?,12?/m0/s1. The Morgan fingerprint density at radius 1 is 1.69 bits per heavy atom. The third kappa shape index (κ3) is 1.05. The van der Waals surface area contributed by atoms with Gasteiger partial charge in [-0.2, -0.15) is 0 Å². The van der Waals surface area contributed by atoms with Gasteiger partial charge in [0.15, 0.2) is 0 Å². The summed E-state index contributed by atoms with van der Waals surface area (Å²) in [6.07, 6.45) is 9.15. The molecule has 0 radical (unpaired) electrons. The maximum absolute atomic E-state index is 6.25. The Labute approximate surface area is 81.1 Å². The first kappa shape index (κ1) is 9.09. The molecule has 0 aromatic carbocycles. The lowest BCUT2D eigenvalue weighted by Crippen LogP contribution is -2.73. The van der Waals surface area contributed by atoms with Crippen LogP contribution in [0.4, 0.5) is 0 Å². The molecule has 0 aromatic rings. The zero-order valence-electron chi connectivity index (χ0n) is 8.59. The van der Waals surface area contributed by atoms with E-state index in [4.69, 9.17) is 12.2 Å². The highest BCUT2D eigenvalue weighted by atomic mass is 14.9. The fourth-order valence-corrected chi connectivity index (χ4v) is 3.30. The number of nitrogens with two attached hydrogens (primary N) is 1. The minimum atomic E-state index is 0.207. The van der Waals surface area contributed by atoms with E-state index in [1.54, 1.807) is 0 Å². The molecule has 2 aliphatic rings. The third-order valence-corrected chi connectivity index (χ3v) is 4.50. The van der Waals surface area contributed by atoms with Crippen LogP contribution in [0.2, 0.25) is 0 Å². The Hall–Kier alpha value is -0.480. The Morgan fingerprint density at radius 2 is 2.38 bits per heavy atom. The van der Waals surface area contributed by atoms with Crippen molar-refractivity contribution in [1.82, 2.24) is 0 Å². The first-order valence-electron chi connectivity index (χ1n) is 5.34. The van der Waals surface area contributed by atoms with E-state index in [-0.39, 0.29) is 5.54 Å². The Balaban J connectivity index is 1.94. The summed E-state index contributed by atoms with van der Waals surface area (Å²) in [4.78, 5) is 0. The van der Waals surface area contributed by atoms with Gasteiger partial charge in [-0.1, -0.05) is 13.8 Å². The topological polar surface area (TPSA) is 26.0 Å². The van der Waals surface area contributed by atoms with Crippen molar-refractivity contribution < 1.29 is 0 Å². The maximum Gasteiger partial charge on any atom is 0.0214 e. The van der Waals surface area contributed by atoms with Crippen molar-refractivity contribution in [3.05, 3.63) is 0 Å². The van der Waals surface area contributed by atoms with Gasteiger partial charge in [0.25, 0.3) is 0 Å². The van der Waals surface area contributed by atoms with E-state index in [0.29, 0.717) is 11.8 Å². The van der Waals surface area contributed by atoms with Crippen LogP contribution in [0.25, 0.3) is 0 Å². The lowest BCUT2D eigenvalue weighted by atomic mass is 9.41. The summed E-state index contributed by atoms with van der Waals surface area (Å²) in [6.45, 7) is 4.44. The smallest absolute Gasteiger partial charge is 0.0214 e. The molecule has 2 fully saturated rings. The normalized spacial score (nSPS) is 49.5. The minimum absolute atomic E-state index is 0.207. The molecule has 1 nitrogen and oxygen atoms in total. The molecule has 3 unspecified atom stereocenters. The molecule has 2 aliphatic carbocycles. The molecule has 2 saturated carbocycles. The van der Waals surface area contributed by atoms with Gasteiger partial charge in [-0.3, -0.25) is 0 Å². The second-order valence-corrected chi connectivity index (χ2v) is 5.01. The highest BCUT2D eigenvalue weighted by Gasteiger charge is 2.62. The fraction of sp³-hybridized carbons (Fsp3) is 0.833. The zero-order chi connectivity index (χ0) is 9.64. The van der Waals surface area contributed by atoms with Crippen molar-refractivity contribution in [2.75, 3.05) is 0 Å². The van der Waals surface area contributed by atoms with Crippen LogP contribution in [0, 0.1) is 36.0 Å². The van der Waals surface area contributed by atoms with Crippen molar-refractivity contribution in [3.8, 4) is 12.3 Å². The maximum atomic E-state index is 6.25. The van der Waals surface area contributed by atoms with E-state index >= 15 is 0 Å². The summed E-state index contributed by atoms with van der Waals surface area (Å²) < 4.78 is 0. The molecule has 72 valence electrons. The molecular weight excluding hydrogens is 158 g/mol. The molecule has 0 aliphatic heterocycles. The average molecular weight is 177 g/mol. The lowest BCUT2D eigenvalue weighted by molar-refractivity contribution is -0.124. The summed E-state index contributed by atoms with van der Waals surface area (Å²) in [6, 6.07) is 0. The molecule has 0 bridgehead atoms. The van der Waals surface area contributed by atoms with Gasteiger partial charge in [0, 0.05) is 11.5 Å². The van der Waals surface area contributed by atoms with Gasteiger partial charge in [0.05, 0.1) is 0 Å². The van der Waals surface area contributed by atoms with E-state index < -0.39 is 0 Å². The van der Waals surface area contributed by atoms with Crippen molar-refractivity contribution in [2.24, 2.45) is 29.4 Å². The van der Waals surface area contributed by atoms with Crippen LogP contribution < -0.4 is 5.73 Å². The van der Waals surface area contributed by atoms with Gasteiger partial charge in [-0.15, -0.1) is 12.3 Å². The summed E-state index contributed by atoms with van der Waals surface area (Å²) >= 11 is 0.